The number of likely N-dealkylation sites (N-methyl/N-ethyl adjacent to an activating group) is 1. The van der Waals surface area contributed by atoms with Crippen molar-refractivity contribution >= 4 is 40.9 Å². The molecule has 0 radical (unpaired) electrons. The number of carbonyl (C=O) groups excluding carboxylic acids is 4. The van der Waals surface area contributed by atoms with Crippen molar-refractivity contribution in [3.63, 3.8) is 0 Å². The SMILES string of the molecule is CCC(=O)c1ccc(OCC(=O)OCC(=O)N(C)CC(=O)Nc2ccccc2Cl)cc1. The highest BCUT2D eigenvalue weighted by Crippen LogP contribution is 2.20. The van der Waals surface area contributed by atoms with E-state index in [2.05, 4.69) is 5.32 Å². The number of rotatable bonds is 10. The predicted molar refractivity (Wildman–Crippen MR) is 115 cm³/mol. The van der Waals surface area contributed by atoms with Crippen molar-refractivity contribution in [3.05, 3.63) is 59.1 Å². The normalized spacial score (nSPS) is 10.2. The van der Waals surface area contributed by atoms with Gasteiger partial charge in [-0.25, -0.2) is 4.79 Å². The van der Waals surface area contributed by atoms with Crippen molar-refractivity contribution in [3.8, 4) is 5.75 Å². The highest BCUT2D eigenvalue weighted by Gasteiger charge is 2.16. The molecule has 0 saturated heterocycles. The third-order valence-electron chi connectivity index (χ3n) is 4.17. The number of hydrogen-bond acceptors (Lipinski definition) is 6. The first-order valence-electron chi connectivity index (χ1n) is 9.50. The Morgan fingerprint density at radius 1 is 1.00 bits per heavy atom. The van der Waals surface area contributed by atoms with E-state index in [0.29, 0.717) is 28.4 Å². The molecule has 8 nitrogen and oxygen atoms in total. The van der Waals surface area contributed by atoms with Crippen LogP contribution in [0.5, 0.6) is 5.75 Å². The topological polar surface area (TPSA) is 102 Å². The third kappa shape index (κ3) is 7.75. The lowest BCUT2D eigenvalue weighted by Crippen LogP contribution is -2.37. The van der Waals surface area contributed by atoms with Crippen molar-refractivity contribution < 1.29 is 28.7 Å². The van der Waals surface area contributed by atoms with Gasteiger partial charge in [-0.1, -0.05) is 30.7 Å². The van der Waals surface area contributed by atoms with Crippen molar-refractivity contribution in [1.29, 1.82) is 0 Å². The summed E-state index contributed by atoms with van der Waals surface area (Å²) in [7, 11) is 1.41. The first-order valence-corrected chi connectivity index (χ1v) is 9.88. The molecule has 9 heteroatoms. The largest absolute Gasteiger partial charge is 0.482 e. The summed E-state index contributed by atoms with van der Waals surface area (Å²) in [5, 5.41) is 2.98. The number of ketones is 1. The second-order valence-electron chi connectivity index (χ2n) is 6.53. The molecule has 0 heterocycles. The average molecular weight is 447 g/mol. The number of esters is 1. The summed E-state index contributed by atoms with van der Waals surface area (Å²) >= 11 is 5.97. The summed E-state index contributed by atoms with van der Waals surface area (Å²) in [6.07, 6.45) is 0.399. The van der Waals surface area contributed by atoms with Crippen LogP contribution in [-0.2, 0) is 19.1 Å². The van der Waals surface area contributed by atoms with Gasteiger partial charge in [0.15, 0.2) is 19.0 Å². The van der Waals surface area contributed by atoms with Gasteiger partial charge in [0.05, 0.1) is 17.3 Å². The number of carbonyl (C=O) groups is 4. The molecule has 0 aliphatic carbocycles. The summed E-state index contributed by atoms with van der Waals surface area (Å²) in [4.78, 5) is 48.6. The van der Waals surface area contributed by atoms with Crippen LogP contribution < -0.4 is 10.1 Å². The van der Waals surface area contributed by atoms with Gasteiger partial charge in [0.25, 0.3) is 5.91 Å². The molecule has 2 aromatic carbocycles. The van der Waals surface area contributed by atoms with Crippen molar-refractivity contribution in [2.75, 3.05) is 32.1 Å². The highest BCUT2D eigenvalue weighted by atomic mass is 35.5. The summed E-state index contributed by atoms with van der Waals surface area (Å²) < 4.78 is 10.2. The van der Waals surface area contributed by atoms with E-state index in [-0.39, 0.29) is 12.3 Å². The number of Topliss-reactive ketones (excluding diaryl/α,β-unsaturated/α-hetero) is 1. The van der Waals surface area contributed by atoms with E-state index in [1.807, 2.05) is 0 Å². The molecular formula is C22H23ClN2O6. The number of nitrogens with one attached hydrogen (secondary N) is 1. The molecular weight excluding hydrogens is 424 g/mol. The molecule has 0 saturated carbocycles. The Kier molecular flexibility index (Phi) is 9.02. The minimum atomic E-state index is -0.740. The highest BCUT2D eigenvalue weighted by molar-refractivity contribution is 6.33. The van der Waals surface area contributed by atoms with E-state index in [1.54, 1.807) is 55.5 Å². The van der Waals surface area contributed by atoms with Crippen LogP contribution in [-0.4, -0.2) is 55.3 Å². The molecule has 1 N–H and O–H groups in total. The third-order valence-corrected chi connectivity index (χ3v) is 4.49. The number of nitrogens with zero attached hydrogens (tertiary/aromatic N) is 1. The molecule has 2 aromatic rings. The maximum Gasteiger partial charge on any atom is 0.344 e. The summed E-state index contributed by atoms with van der Waals surface area (Å²) in [6, 6.07) is 13.1. The van der Waals surface area contributed by atoms with Gasteiger partial charge < -0.3 is 19.7 Å². The summed E-state index contributed by atoms with van der Waals surface area (Å²) in [5.74, 6) is -1.33. The van der Waals surface area contributed by atoms with Crippen LogP contribution in [0.4, 0.5) is 5.69 Å². The summed E-state index contributed by atoms with van der Waals surface area (Å²) in [6.45, 7) is 0.612. The average Bonchev–Trinajstić information content (AvgIpc) is 2.77. The molecule has 0 aliphatic heterocycles. The van der Waals surface area contributed by atoms with Gasteiger partial charge in [0.2, 0.25) is 5.91 Å². The van der Waals surface area contributed by atoms with E-state index in [9.17, 15) is 19.2 Å². The molecule has 0 bridgehead atoms. The quantitative estimate of drug-likeness (QED) is 0.444. The first-order chi connectivity index (χ1) is 14.8. The van der Waals surface area contributed by atoms with E-state index in [0.717, 1.165) is 4.90 Å². The lowest BCUT2D eigenvalue weighted by Gasteiger charge is -2.17. The Hall–Kier alpha value is -3.39. The second-order valence-corrected chi connectivity index (χ2v) is 6.94. The fraction of sp³-hybridized carbons (Fsp3) is 0.273. The molecule has 2 rings (SSSR count). The fourth-order valence-corrected chi connectivity index (χ4v) is 2.62. The van der Waals surface area contributed by atoms with Crippen LogP contribution >= 0.6 is 11.6 Å². The molecule has 2 amide bonds. The van der Waals surface area contributed by atoms with Crippen LogP contribution in [0.3, 0.4) is 0 Å². The van der Waals surface area contributed by atoms with Crippen LogP contribution in [0.1, 0.15) is 23.7 Å². The van der Waals surface area contributed by atoms with E-state index in [4.69, 9.17) is 21.1 Å². The number of para-hydroxylation sites is 1. The lowest BCUT2D eigenvalue weighted by molar-refractivity contribution is -0.153. The van der Waals surface area contributed by atoms with Gasteiger partial charge in [-0.2, -0.15) is 0 Å². The Labute approximate surface area is 185 Å². The van der Waals surface area contributed by atoms with Crippen LogP contribution in [0, 0.1) is 0 Å². The van der Waals surface area contributed by atoms with Gasteiger partial charge in [-0.05, 0) is 36.4 Å². The second kappa shape index (κ2) is 11.7. The zero-order valence-electron chi connectivity index (χ0n) is 17.2. The van der Waals surface area contributed by atoms with E-state index < -0.39 is 31.0 Å². The van der Waals surface area contributed by atoms with Crippen molar-refractivity contribution in [1.82, 2.24) is 4.90 Å². The Morgan fingerprint density at radius 2 is 1.68 bits per heavy atom. The zero-order valence-corrected chi connectivity index (χ0v) is 18.0. The molecule has 0 aromatic heterocycles. The van der Waals surface area contributed by atoms with Gasteiger partial charge in [-0.3, -0.25) is 14.4 Å². The minimum absolute atomic E-state index is 0.00846. The van der Waals surface area contributed by atoms with Gasteiger partial charge in [0, 0.05) is 19.0 Å². The van der Waals surface area contributed by atoms with Crippen LogP contribution in [0.25, 0.3) is 0 Å². The first kappa shape index (κ1) is 23.9. The smallest absolute Gasteiger partial charge is 0.344 e. The fourth-order valence-electron chi connectivity index (χ4n) is 2.43. The number of ether oxygens (including phenoxy) is 2. The lowest BCUT2D eigenvalue weighted by atomic mass is 10.1. The Bertz CT molecular complexity index is 945. The number of benzene rings is 2. The van der Waals surface area contributed by atoms with Gasteiger partial charge >= 0.3 is 5.97 Å². The van der Waals surface area contributed by atoms with Crippen molar-refractivity contribution in [2.24, 2.45) is 0 Å². The molecule has 0 atom stereocenters. The predicted octanol–water partition coefficient (Wildman–Crippen LogP) is 2.95. The molecule has 0 aliphatic rings. The number of anilines is 1. The van der Waals surface area contributed by atoms with Crippen LogP contribution in [0.2, 0.25) is 5.02 Å². The maximum atomic E-state index is 12.1. The van der Waals surface area contributed by atoms with Crippen molar-refractivity contribution in [2.45, 2.75) is 13.3 Å². The zero-order chi connectivity index (χ0) is 22.8. The Morgan fingerprint density at radius 3 is 2.32 bits per heavy atom. The standard InChI is InChI=1S/C22H23ClN2O6/c1-3-19(26)15-8-10-16(11-9-15)30-14-22(29)31-13-21(28)25(2)12-20(27)24-18-7-5-4-6-17(18)23/h4-11H,3,12-14H2,1-2H3,(H,24,27). The van der Waals surface area contributed by atoms with Crippen LogP contribution in [0.15, 0.2) is 48.5 Å². The molecule has 0 fully saturated rings. The molecule has 164 valence electrons. The number of amides is 2. The van der Waals surface area contributed by atoms with Gasteiger partial charge in [-0.15, -0.1) is 0 Å². The number of hydrogen-bond donors (Lipinski definition) is 1. The van der Waals surface area contributed by atoms with Gasteiger partial charge in [0.1, 0.15) is 5.75 Å². The molecule has 0 spiro atoms. The van der Waals surface area contributed by atoms with E-state index >= 15 is 0 Å². The minimum Gasteiger partial charge on any atom is -0.482 e. The monoisotopic (exact) mass is 446 g/mol. The molecule has 31 heavy (non-hydrogen) atoms. The van der Waals surface area contributed by atoms with E-state index in [1.165, 1.54) is 7.05 Å². The molecule has 0 unspecified atom stereocenters. The maximum absolute atomic E-state index is 12.1. The summed E-state index contributed by atoms with van der Waals surface area (Å²) in [5.41, 5.74) is 0.996. The Balaban J connectivity index is 1.72. The number of halogens is 1.